The maximum Gasteiger partial charge on any atom is -0.0209 e. The fourth-order valence-electron chi connectivity index (χ4n) is 10.7. The summed E-state index contributed by atoms with van der Waals surface area (Å²) in [5.74, 6) is 8.68. The quantitative estimate of drug-likeness (QED) is 0.164. The van der Waals surface area contributed by atoms with Crippen molar-refractivity contribution in [1.82, 2.24) is 0 Å². The highest BCUT2D eigenvalue weighted by Crippen LogP contribution is 2.62. The number of rotatable bonds is 16. The first-order valence-electron chi connectivity index (χ1n) is 17.9. The van der Waals surface area contributed by atoms with Gasteiger partial charge in [-0.3, -0.25) is 0 Å². The summed E-state index contributed by atoms with van der Waals surface area (Å²) in [6, 6.07) is 0. The van der Waals surface area contributed by atoms with Gasteiger partial charge in [-0.1, -0.05) is 116 Å². The van der Waals surface area contributed by atoms with Crippen LogP contribution in [0.2, 0.25) is 0 Å². The maximum atomic E-state index is 2.72. The van der Waals surface area contributed by atoms with Gasteiger partial charge in [-0.05, 0) is 127 Å². The van der Waals surface area contributed by atoms with Gasteiger partial charge in [0.25, 0.3) is 0 Å². The van der Waals surface area contributed by atoms with Crippen LogP contribution in [0, 0.1) is 70.0 Å². The number of hydrogen-bond acceptors (Lipinski definition) is 0. The minimum atomic E-state index is 0.175. The Hall–Kier alpha value is 0.430. The van der Waals surface area contributed by atoms with Crippen molar-refractivity contribution in [2.45, 2.75) is 160 Å². The van der Waals surface area contributed by atoms with Gasteiger partial charge < -0.3 is 0 Å². The summed E-state index contributed by atoms with van der Waals surface area (Å²) in [5, 5.41) is 0. The van der Waals surface area contributed by atoms with Gasteiger partial charge in [-0.25, -0.2) is 0 Å². The van der Waals surface area contributed by atoms with Crippen LogP contribution in [-0.4, -0.2) is 18.5 Å². The van der Waals surface area contributed by atoms with Crippen molar-refractivity contribution in [2.24, 2.45) is 70.0 Å². The molecule has 0 radical (unpaired) electrons. The van der Waals surface area contributed by atoms with Crippen LogP contribution in [0.15, 0.2) is 0 Å². The van der Waals surface area contributed by atoms with E-state index in [1.807, 2.05) is 0 Å². The lowest BCUT2D eigenvalue weighted by Crippen LogP contribution is -2.45. The Bertz CT molecular complexity index is 697. The highest BCUT2D eigenvalue weighted by Gasteiger charge is 2.55. The zero-order valence-corrected chi connectivity index (χ0v) is 30.5. The van der Waals surface area contributed by atoms with E-state index in [0.29, 0.717) is 10.8 Å². The molecule has 2 rings (SSSR count). The fourth-order valence-corrected chi connectivity index (χ4v) is 13.3. The van der Waals surface area contributed by atoms with E-state index in [9.17, 15) is 0 Å². The van der Waals surface area contributed by atoms with E-state index in [1.165, 1.54) is 63.9 Å². The molecule has 2 saturated carbocycles. The van der Waals surface area contributed by atoms with Crippen molar-refractivity contribution in [3.8, 4) is 0 Å². The van der Waals surface area contributed by atoms with Crippen molar-refractivity contribution < 1.29 is 0 Å². The Morgan fingerprint density at radius 2 is 1.46 bits per heavy atom. The molecule has 0 heterocycles. The molecule has 0 N–H and O–H groups in total. The molecule has 39 heavy (non-hydrogen) atoms. The van der Waals surface area contributed by atoms with Gasteiger partial charge in [0, 0.05) is 0 Å². The third-order valence-electron chi connectivity index (χ3n) is 14.0. The smallest absolute Gasteiger partial charge is 0.0209 e. The Morgan fingerprint density at radius 1 is 0.821 bits per heavy atom. The van der Waals surface area contributed by atoms with E-state index in [0.717, 1.165) is 64.8 Å². The van der Waals surface area contributed by atoms with Gasteiger partial charge in [0.1, 0.15) is 0 Å². The SMILES string of the molecule is CCCC(C)C(C1CCC(P(C)CC(C)CC(C)CC)C1)C(C)C(CC)C(C)C(C)C1(C)C(C)CCC1(C)C. The largest absolute Gasteiger partial charge is 0.106 e. The van der Waals surface area contributed by atoms with Crippen LogP contribution in [-0.2, 0) is 0 Å². The predicted octanol–water partition coefficient (Wildman–Crippen LogP) is 12.8. The molecule has 0 bridgehead atoms. The molecule has 0 aromatic heterocycles. The first-order chi connectivity index (χ1) is 18.2. The molecular formula is C38H75P. The first-order valence-corrected chi connectivity index (χ1v) is 19.9. The molecular weight excluding hydrogens is 487 g/mol. The van der Waals surface area contributed by atoms with E-state index in [1.54, 1.807) is 6.42 Å². The zero-order valence-electron chi connectivity index (χ0n) is 29.6. The average Bonchev–Trinajstić information content (AvgIpc) is 3.43. The molecule has 0 aliphatic heterocycles. The summed E-state index contributed by atoms with van der Waals surface area (Å²) in [7, 11) is 0.175. The van der Waals surface area contributed by atoms with E-state index in [-0.39, 0.29) is 7.92 Å². The summed E-state index contributed by atoms with van der Waals surface area (Å²) < 4.78 is 0. The summed E-state index contributed by atoms with van der Waals surface area (Å²) in [6.07, 6.45) is 15.8. The molecule has 0 saturated heterocycles. The molecule has 2 fully saturated rings. The zero-order chi connectivity index (χ0) is 29.7. The van der Waals surface area contributed by atoms with E-state index in [2.05, 4.69) is 96.7 Å². The minimum absolute atomic E-state index is 0.175. The second-order valence-corrected chi connectivity index (χ2v) is 19.2. The lowest BCUT2D eigenvalue weighted by Gasteiger charge is -2.51. The molecule has 13 unspecified atom stereocenters. The lowest BCUT2D eigenvalue weighted by atomic mass is 9.53. The molecule has 232 valence electrons. The number of hydrogen-bond donors (Lipinski definition) is 0. The summed E-state index contributed by atoms with van der Waals surface area (Å²) in [5.41, 5.74) is 1.94. The summed E-state index contributed by atoms with van der Waals surface area (Å²) in [4.78, 5) is 0. The molecule has 0 aromatic carbocycles. The van der Waals surface area contributed by atoms with Crippen LogP contribution < -0.4 is 0 Å². The predicted molar refractivity (Wildman–Crippen MR) is 181 cm³/mol. The van der Waals surface area contributed by atoms with Gasteiger partial charge >= 0.3 is 0 Å². The first kappa shape index (κ1) is 35.6. The van der Waals surface area contributed by atoms with Crippen molar-refractivity contribution in [3.63, 3.8) is 0 Å². The van der Waals surface area contributed by atoms with Crippen LogP contribution in [0.1, 0.15) is 154 Å². The normalized spacial score (nSPS) is 34.2. The van der Waals surface area contributed by atoms with Gasteiger partial charge in [-0.15, -0.1) is 7.92 Å². The van der Waals surface area contributed by atoms with Gasteiger partial charge in [0.05, 0.1) is 0 Å². The molecule has 2 aliphatic rings. The second-order valence-electron chi connectivity index (χ2n) is 16.5. The molecule has 1 heteroatoms. The van der Waals surface area contributed by atoms with E-state index in [4.69, 9.17) is 0 Å². The Morgan fingerprint density at radius 3 is 1.97 bits per heavy atom. The topological polar surface area (TPSA) is 0 Å². The van der Waals surface area contributed by atoms with Gasteiger partial charge in [0.2, 0.25) is 0 Å². The molecule has 0 aromatic rings. The van der Waals surface area contributed by atoms with E-state index < -0.39 is 0 Å². The molecule has 13 atom stereocenters. The van der Waals surface area contributed by atoms with Crippen molar-refractivity contribution in [2.75, 3.05) is 12.8 Å². The maximum absolute atomic E-state index is 2.72. The van der Waals surface area contributed by atoms with Crippen LogP contribution >= 0.6 is 7.92 Å². The van der Waals surface area contributed by atoms with Crippen LogP contribution in [0.4, 0.5) is 0 Å². The highest BCUT2D eigenvalue weighted by molar-refractivity contribution is 7.57. The standard InChI is InChI=1S/C38H75P/c1-15-18-28(6)36(33-19-20-34(24-33)39(14)25-27(5)23-26(4)16-2)31(9)35(17-3)30(8)32(10)38(13)29(7)21-22-37(38,11)12/h26-36H,15-25H2,1-14H3. The molecule has 0 amide bonds. The van der Waals surface area contributed by atoms with Crippen molar-refractivity contribution in [3.05, 3.63) is 0 Å². The minimum Gasteiger partial charge on any atom is -0.106 e. The third-order valence-corrected chi connectivity index (χ3v) is 16.9. The fraction of sp³-hybridized carbons (Fsp3) is 1.00. The van der Waals surface area contributed by atoms with Crippen LogP contribution in [0.25, 0.3) is 0 Å². The third kappa shape index (κ3) is 8.08. The van der Waals surface area contributed by atoms with Crippen LogP contribution in [0.3, 0.4) is 0 Å². The lowest BCUT2D eigenvalue weighted by molar-refractivity contribution is -0.0323. The highest BCUT2D eigenvalue weighted by atomic mass is 31.1. The van der Waals surface area contributed by atoms with Gasteiger partial charge in [0.15, 0.2) is 0 Å². The molecule has 2 aliphatic carbocycles. The average molecular weight is 563 g/mol. The monoisotopic (exact) mass is 563 g/mol. The second kappa shape index (κ2) is 15.2. The molecule has 0 spiro atoms. The molecule has 0 nitrogen and oxygen atoms in total. The Balaban J connectivity index is 2.20. The van der Waals surface area contributed by atoms with Crippen molar-refractivity contribution in [1.29, 1.82) is 0 Å². The van der Waals surface area contributed by atoms with Gasteiger partial charge in [-0.2, -0.15) is 0 Å². The Labute approximate surface area is 250 Å². The van der Waals surface area contributed by atoms with E-state index >= 15 is 0 Å². The van der Waals surface area contributed by atoms with Crippen molar-refractivity contribution >= 4 is 7.92 Å². The summed E-state index contributed by atoms with van der Waals surface area (Å²) in [6.45, 7) is 36.1. The van der Waals surface area contributed by atoms with Crippen LogP contribution in [0.5, 0.6) is 0 Å². The Kier molecular flexibility index (Phi) is 13.9. The summed E-state index contributed by atoms with van der Waals surface area (Å²) >= 11 is 0.